The Morgan fingerprint density at radius 1 is 1.09 bits per heavy atom. The van der Waals surface area contributed by atoms with Gasteiger partial charge in [0.1, 0.15) is 0 Å². The van der Waals surface area contributed by atoms with Gasteiger partial charge in [-0.25, -0.2) is 0 Å². The number of halogens is 1. The molecule has 1 aromatic rings. The Bertz CT molecular complexity index is 800. The number of carbonyl (C=O) groups excluding carboxylic acids is 1. The maximum Gasteiger partial charge on any atom is 0.282 e. The number of nitrogens with zero attached hydrogens (tertiary/aromatic N) is 1. The van der Waals surface area contributed by atoms with E-state index in [0.29, 0.717) is 21.9 Å². The normalized spacial score (nSPS) is 17.7. The molecule has 0 fully saturated rings. The van der Waals surface area contributed by atoms with Crippen molar-refractivity contribution in [2.45, 2.75) is 25.7 Å². The zero-order chi connectivity index (χ0) is 16.5. The highest BCUT2D eigenvalue weighted by Crippen LogP contribution is 2.23. The number of ketones is 1. The van der Waals surface area contributed by atoms with E-state index in [9.17, 15) is 13.2 Å². The van der Waals surface area contributed by atoms with Crippen molar-refractivity contribution >= 4 is 33.1 Å². The van der Waals surface area contributed by atoms with Gasteiger partial charge in [0.15, 0.2) is 5.78 Å². The summed E-state index contributed by atoms with van der Waals surface area (Å²) in [4.78, 5) is 11.8. The Kier molecular flexibility index (Phi) is 4.68. The summed E-state index contributed by atoms with van der Waals surface area (Å²) in [6, 6.07) is 5.81. The molecule has 0 N–H and O–H groups in total. The van der Waals surface area contributed by atoms with Crippen LogP contribution in [0.5, 0.6) is 0 Å². The van der Waals surface area contributed by atoms with Gasteiger partial charge in [-0.3, -0.25) is 4.79 Å². The fourth-order valence-electron chi connectivity index (χ4n) is 2.02. The molecule has 4 nitrogen and oxygen atoms in total. The second-order valence-electron chi connectivity index (χ2n) is 5.35. The van der Waals surface area contributed by atoms with Crippen LogP contribution in [-0.2, 0) is 14.8 Å². The number of hydrogen-bond acceptors (Lipinski definition) is 3. The van der Waals surface area contributed by atoms with E-state index in [-0.39, 0.29) is 16.6 Å². The molecule has 0 atom stereocenters. The Morgan fingerprint density at radius 3 is 2.23 bits per heavy atom. The average molecular weight is 338 g/mol. The van der Waals surface area contributed by atoms with Crippen LogP contribution in [0.1, 0.15) is 20.8 Å². The van der Waals surface area contributed by atoms with Gasteiger partial charge in [0.2, 0.25) is 0 Å². The van der Waals surface area contributed by atoms with Crippen LogP contribution in [-0.4, -0.2) is 19.9 Å². The second-order valence-corrected chi connectivity index (χ2v) is 7.39. The van der Waals surface area contributed by atoms with E-state index < -0.39 is 10.0 Å². The molecule has 0 unspecified atom stereocenters. The van der Waals surface area contributed by atoms with E-state index in [1.54, 1.807) is 6.92 Å². The molecule has 0 saturated heterocycles. The summed E-state index contributed by atoms with van der Waals surface area (Å²) in [6.45, 7) is 5.41. The minimum Gasteiger partial charge on any atom is -0.290 e. The first-order chi connectivity index (χ1) is 10.2. The fourth-order valence-corrected chi connectivity index (χ4v) is 3.15. The van der Waals surface area contributed by atoms with E-state index in [2.05, 4.69) is 4.40 Å². The summed E-state index contributed by atoms with van der Waals surface area (Å²) >= 11 is 5.77. The van der Waals surface area contributed by atoms with Gasteiger partial charge in [-0.1, -0.05) is 25.4 Å². The lowest BCUT2D eigenvalue weighted by Gasteiger charge is -2.16. The minimum atomic E-state index is -3.85. The van der Waals surface area contributed by atoms with Crippen molar-refractivity contribution in [3.63, 3.8) is 0 Å². The highest BCUT2D eigenvalue weighted by Gasteiger charge is 2.22. The SMILES string of the molecule is CC1=C/C(=N\S(=O)(=O)c2ccc(Cl)cc2)C(C(C)C)=CC1=O. The van der Waals surface area contributed by atoms with Crippen molar-refractivity contribution in [3.8, 4) is 0 Å². The lowest BCUT2D eigenvalue weighted by molar-refractivity contribution is -0.111. The molecule has 1 aliphatic carbocycles. The summed E-state index contributed by atoms with van der Waals surface area (Å²) in [5.74, 6) is -0.126. The molecule has 0 radical (unpaired) electrons. The van der Waals surface area contributed by atoms with Gasteiger partial charge in [-0.05, 0) is 60.4 Å². The third kappa shape index (κ3) is 3.54. The zero-order valence-electron chi connectivity index (χ0n) is 12.5. The molecule has 1 aromatic carbocycles. The van der Waals surface area contributed by atoms with E-state index in [1.165, 1.54) is 36.4 Å². The molecule has 2 rings (SSSR count). The molecule has 0 heterocycles. The Labute approximate surface area is 135 Å². The van der Waals surface area contributed by atoms with E-state index in [0.717, 1.165) is 0 Å². The molecule has 0 saturated carbocycles. The van der Waals surface area contributed by atoms with Gasteiger partial charge in [0.05, 0.1) is 10.6 Å². The lowest BCUT2D eigenvalue weighted by atomic mass is 9.90. The lowest BCUT2D eigenvalue weighted by Crippen LogP contribution is -2.17. The maximum atomic E-state index is 12.4. The molecule has 0 aromatic heterocycles. The number of sulfonamides is 1. The molecule has 0 aliphatic heterocycles. The molecule has 6 heteroatoms. The quantitative estimate of drug-likeness (QED) is 0.792. The molecule has 0 amide bonds. The van der Waals surface area contributed by atoms with Crippen LogP contribution in [0, 0.1) is 5.92 Å². The number of carbonyl (C=O) groups is 1. The number of benzene rings is 1. The summed E-state index contributed by atoms with van der Waals surface area (Å²) in [5, 5.41) is 0.452. The fraction of sp³-hybridized carbons (Fsp3) is 0.250. The summed E-state index contributed by atoms with van der Waals surface area (Å²) in [5.41, 5.74) is 1.39. The standard InChI is InChI=1S/C16H16ClNO3S/c1-10(2)14-9-16(19)11(3)8-15(14)18-22(20,21)13-6-4-12(17)5-7-13/h4-10H,1-3H3/b18-15+. The van der Waals surface area contributed by atoms with Gasteiger partial charge >= 0.3 is 0 Å². The molecule has 1 aliphatic rings. The summed E-state index contributed by atoms with van der Waals surface area (Å²) in [7, 11) is -3.85. The average Bonchev–Trinajstić information content (AvgIpc) is 2.42. The van der Waals surface area contributed by atoms with Crippen LogP contribution < -0.4 is 0 Å². The van der Waals surface area contributed by atoms with Crippen molar-refractivity contribution in [2.75, 3.05) is 0 Å². The van der Waals surface area contributed by atoms with Crippen LogP contribution in [0.3, 0.4) is 0 Å². The number of allylic oxidation sites excluding steroid dienone is 4. The first-order valence-corrected chi connectivity index (χ1v) is 8.57. The monoisotopic (exact) mass is 337 g/mol. The van der Waals surface area contributed by atoms with Gasteiger partial charge < -0.3 is 0 Å². The highest BCUT2D eigenvalue weighted by molar-refractivity contribution is 7.90. The predicted molar refractivity (Wildman–Crippen MR) is 87.8 cm³/mol. The molecule has 0 spiro atoms. The number of hydrogen-bond donors (Lipinski definition) is 0. The van der Waals surface area contributed by atoms with Crippen LogP contribution >= 0.6 is 11.6 Å². The smallest absolute Gasteiger partial charge is 0.282 e. The largest absolute Gasteiger partial charge is 0.290 e. The topological polar surface area (TPSA) is 63.6 Å². The minimum absolute atomic E-state index is 0.00697. The van der Waals surface area contributed by atoms with Crippen molar-refractivity contribution < 1.29 is 13.2 Å². The third-order valence-corrected chi connectivity index (χ3v) is 4.83. The van der Waals surface area contributed by atoms with Crippen molar-refractivity contribution in [1.82, 2.24) is 0 Å². The van der Waals surface area contributed by atoms with Crippen LogP contribution in [0.4, 0.5) is 0 Å². The van der Waals surface area contributed by atoms with Gasteiger partial charge in [0, 0.05) is 5.02 Å². The molecule has 0 bridgehead atoms. The molecular weight excluding hydrogens is 322 g/mol. The van der Waals surface area contributed by atoms with Gasteiger partial charge in [0.25, 0.3) is 10.0 Å². The summed E-state index contributed by atoms with van der Waals surface area (Å²) < 4.78 is 28.7. The van der Waals surface area contributed by atoms with Crippen LogP contribution in [0.2, 0.25) is 5.02 Å². The van der Waals surface area contributed by atoms with Gasteiger partial charge in [-0.15, -0.1) is 0 Å². The first kappa shape index (κ1) is 16.6. The second kappa shape index (κ2) is 6.18. The first-order valence-electron chi connectivity index (χ1n) is 6.76. The zero-order valence-corrected chi connectivity index (χ0v) is 14.1. The van der Waals surface area contributed by atoms with E-state index in [1.807, 2.05) is 13.8 Å². The predicted octanol–water partition coefficient (Wildman–Crippen LogP) is 3.58. The highest BCUT2D eigenvalue weighted by atomic mass is 35.5. The van der Waals surface area contributed by atoms with Crippen LogP contribution in [0.15, 0.2) is 56.9 Å². The van der Waals surface area contributed by atoms with E-state index >= 15 is 0 Å². The Morgan fingerprint density at radius 2 is 1.68 bits per heavy atom. The van der Waals surface area contributed by atoms with Crippen LogP contribution in [0.25, 0.3) is 0 Å². The van der Waals surface area contributed by atoms with Crippen molar-refractivity contribution in [3.05, 3.63) is 52.6 Å². The molecular formula is C16H16ClNO3S. The molecule has 116 valence electrons. The number of rotatable bonds is 3. The molecule has 22 heavy (non-hydrogen) atoms. The maximum absolute atomic E-state index is 12.4. The third-order valence-electron chi connectivity index (χ3n) is 3.28. The Balaban J connectivity index is 2.52. The Hall–Kier alpha value is -1.72. The van der Waals surface area contributed by atoms with Crippen molar-refractivity contribution in [2.24, 2.45) is 10.3 Å². The summed E-state index contributed by atoms with van der Waals surface area (Å²) in [6.07, 6.45) is 2.97. The van der Waals surface area contributed by atoms with E-state index in [4.69, 9.17) is 11.6 Å². The van der Waals surface area contributed by atoms with Crippen molar-refractivity contribution in [1.29, 1.82) is 0 Å². The van der Waals surface area contributed by atoms with Gasteiger partial charge in [-0.2, -0.15) is 12.8 Å².